The molecule has 0 aliphatic rings. The molecular formula is C58H38N2O. The van der Waals surface area contributed by atoms with Gasteiger partial charge in [0, 0.05) is 33.1 Å². The fourth-order valence-corrected chi connectivity index (χ4v) is 9.40. The lowest BCUT2D eigenvalue weighted by Crippen LogP contribution is -2.10. The zero-order valence-corrected chi connectivity index (χ0v) is 33.2. The van der Waals surface area contributed by atoms with Crippen molar-refractivity contribution in [2.45, 2.75) is 0 Å². The highest BCUT2D eigenvalue weighted by Crippen LogP contribution is 2.44. The summed E-state index contributed by atoms with van der Waals surface area (Å²) in [4.78, 5) is 2.36. The first-order chi connectivity index (χ1) is 30.3. The van der Waals surface area contributed by atoms with E-state index in [2.05, 4.69) is 228 Å². The molecule has 0 atom stereocenters. The minimum Gasteiger partial charge on any atom is -0.456 e. The van der Waals surface area contributed by atoms with Crippen LogP contribution in [0.1, 0.15) is 0 Å². The van der Waals surface area contributed by atoms with Crippen molar-refractivity contribution in [3.63, 3.8) is 0 Å². The molecule has 286 valence electrons. The molecule has 0 N–H and O–H groups in total. The number of rotatable bonds is 7. The number of furan rings is 1. The van der Waals surface area contributed by atoms with Crippen molar-refractivity contribution >= 4 is 71.6 Å². The van der Waals surface area contributed by atoms with Gasteiger partial charge >= 0.3 is 0 Å². The molecule has 10 aromatic carbocycles. The van der Waals surface area contributed by atoms with E-state index < -0.39 is 0 Å². The number of hydrogen-bond acceptors (Lipinski definition) is 2. The fourth-order valence-electron chi connectivity index (χ4n) is 9.40. The summed E-state index contributed by atoms with van der Waals surface area (Å²) >= 11 is 0. The summed E-state index contributed by atoms with van der Waals surface area (Å²) < 4.78 is 8.81. The van der Waals surface area contributed by atoms with Gasteiger partial charge in [-0.15, -0.1) is 0 Å². The predicted molar refractivity (Wildman–Crippen MR) is 257 cm³/mol. The minimum atomic E-state index is 0.866. The average Bonchev–Trinajstić information content (AvgIpc) is 3.88. The number of fused-ring (bicyclic) bond motifs is 7. The van der Waals surface area contributed by atoms with Crippen molar-refractivity contribution in [1.29, 1.82) is 0 Å². The lowest BCUT2D eigenvalue weighted by molar-refractivity contribution is 0.669. The third-order valence-electron chi connectivity index (χ3n) is 12.2. The van der Waals surface area contributed by atoms with Gasteiger partial charge in [-0.05, 0) is 105 Å². The zero-order chi connectivity index (χ0) is 40.3. The molecule has 2 heterocycles. The van der Waals surface area contributed by atoms with Crippen molar-refractivity contribution in [2.24, 2.45) is 0 Å². The third-order valence-corrected chi connectivity index (χ3v) is 12.2. The third kappa shape index (κ3) is 5.82. The second-order valence-electron chi connectivity index (χ2n) is 15.7. The Labute approximate surface area is 353 Å². The van der Waals surface area contributed by atoms with E-state index in [4.69, 9.17) is 4.42 Å². The van der Waals surface area contributed by atoms with Crippen LogP contribution in [0.15, 0.2) is 235 Å². The van der Waals surface area contributed by atoms with Crippen LogP contribution in [0.3, 0.4) is 0 Å². The molecule has 0 spiro atoms. The Bertz CT molecular complexity index is 3530. The largest absolute Gasteiger partial charge is 0.456 e. The Kier molecular flexibility index (Phi) is 8.17. The van der Waals surface area contributed by atoms with Crippen LogP contribution in [0, 0.1) is 0 Å². The highest BCUT2D eigenvalue weighted by atomic mass is 16.3. The Hall–Kier alpha value is -8.14. The zero-order valence-electron chi connectivity index (χ0n) is 33.2. The summed E-state index contributed by atoms with van der Waals surface area (Å²) in [6.45, 7) is 0. The number of para-hydroxylation sites is 4. The Morgan fingerprint density at radius 2 is 0.885 bits per heavy atom. The lowest BCUT2D eigenvalue weighted by Gasteiger charge is -2.26. The van der Waals surface area contributed by atoms with Crippen LogP contribution in [-0.2, 0) is 0 Å². The number of hydrogen-bond donors (Lipinski definition) is 0. The summed E-state index contributed by atoms with van der Waals surface area (Å²) in [6.07, 6.45) is 0. The molecule has 0 aliphatic carbocycles. The molecule has 12 rings (SSSR count). The van der Waals surface area contributed by atoms with Crippen LogP contribution in [0.25, 0.3) is 93.6 Å². The summed E-state index contributed by atoms with van der Waals surface area (Å²) in [5.41, 5.74) is 15.6. The summed E-state index contributed by atoms with van der Waals surface area (Å²) in [5.74, 6) is 0. The van der Waals surface area contributed by atoms with Gasteiger partial charge in [0.2, 0.25) is 0 Å². The van der Waals surface area contributed by atoms with Gasteiger partial charge in [-0.2, -0.15) is 0 Å². The Morgan fingerprint density at radius 1 is 0.344 bits per heavy atom. The first-order valence-electron chi connectivity index (χ1n) is 20.8. The van der Waals surface area contributed by atoms with Gasteiger partial charge in [-0.25, -0.2) is 0 Å². The summed E-state index contributed by atoms with van der Waals surface area (Å²) in [5, 5.41) is 7.19. The first-order valence-corrected chi connectivity index (χ1v) is 20.8. The molecule has 0 radical (unpaired) electrons. The van der Waals surface area contributed by atoms with Gasteiger partial charge in [0.15, 0.2) is 0 Å². The van der Waals surface area contributed by atoms with Gasteiger partial charge in [-0.3, -0.25) is 0 Å². The monoisotopic (exact) mass is 778 g/mol. The molecule has 0 fully saturated rings. The summed E-state index contributed by atoms with van der Waals surface area (Å²) in [6, 6.07) is 82.9. The maximum absolute atomic E-state index is 6.40. The molecule has 0 amide bonds. The quantitative estimate of drug-likeness (QED) is 0.161. The van der Waals surface area contributed by atoms with E-state index >= 15 is 0 Å². The second kappa shape index (κ2) is 14.3. The smallest absolute Gasteiger partial charge is 0.137 e. The maximum Gasteiger partial charge on any atom is 0.137 e. The molecule has 0 saturated heterocycles. The van der Waals surface area contributed by atoms with Crippen molar-refractivity contribution in [3.05, 3.63) is 231 Å². The molecule has 2 aromatic heterocycles. The fraction of sp³-hybridized carbons (Fsp3) is 0. The molecular weight excluding hydrogens is 741 g/mol. The number of nitrogens with zero attached hydrogens (tertiary/aromatic N) is 2. The second-order valence-corrected chi connectivity index (χ2v) is 15.7. The highest BCUT2D eigenvalue weighted by Gasteiger charge is 2.20. The van der Waals surface area contributed by atoms with Gasteiger partial charge in [0.25, 0.3) is 0 Å². The Balaban J connectivity index is 0.957. The average molecular weight is 779 g/mol. The molecule has 12 aromatic rings. The van der Waals surface area contributed by atoms with Crippen LogP contribution >= 0.6 is 0 Å². The van der Waals surface area contributed by atoms with E-state index in [9.17, 15) is 0 Å². The first kappa shape index (κ1) is 34.9. The van der Waals surface area contributed by atoms with Crippen molar-refractivity contribution < 1.29 is 4.42 Å². The van der Waals surface area contributed by atoms with E-state index in [0.717, 1.165) is 55.8 Å². The SMILES string of the molecule is c1cc(-c2ccc(N(c3ccc(-c4cccc5ccccc45)cc3)c3cccc4oc5ccccc5c34)cc2)cc(-c2ccccc2-n2c3ccccc3c3ccccc32)c1. The molecule has 0 bridgehead atoms. The van der Waals surface area contributed by atoms with E-state index in [-0.39, 0.29) is 0 Å². The van der Waals surface area contributed by atoms with Gasteiger partial charge < -0.3 is 13.9 Å². The topological polar surface area (TPSA) is 21.3 Å². The van der Waals surface area contributed by atoms with E-state index in [1.165, 1.54) is 54.8 Å². The van der Waals surface area contributed by atoms with Crippen LogP contribution in [-0.4, -0.2) is 4.57 Å². The molecule has 0 saturated carbocycles. The normalized spacial score (nSPS) is 11.6. The van der Waals surface area contributed by atoms with Gasteiger partial charge in [0.05, 0.1) is 27.8 Å². The maximum atomic E-state index is 6.40. The van der Waals surface area contributed by atoms with Crippen LogP contribution in [0.2, 0.25) is 0 Å². The van der Waals surface area contributed by atoms with Crippen molar-refractivity contribution in [1.82, 2.24) is 4.57 Å². The number of aromatic nitrogens is 1. The van der Waals surface area contributed by atoms with Crippen molar-refractivity contribution in [2.75, 3.05) is 4.90 Å². The standard InChI is InChI=1S/C58H38N2O/c1-2-18-46-40(14-1)15-12-23-47(46)41-32-36-45(37-33-41)59(55-27-13-29-57-58(55)51-22-6-10-28-56(51)61-57)44-34-30-39(31-35-44)42-16-11-17-43(38-42)48-19-3-7-24-52(48)60-53-25-8-4-20-49(53)50-21-5-9-26-54(50)60/h1-38H. The van der Waals surface area contributed by atoms with Gasteiger partial charge in [0.1, 0.15) is 11.2 Å². The molecule has 61 heavy (non-hydrogen) atoms. The van der Waals surface area contributed by atoms with Gasteiger partial charge in [-0.1, -0.05) is 164 Å². The minimum absolute atomic E-state index is 0.866. The van der Waals surface area contributed by atoms with Crippen LogP contribution in [0.5, 0.6) is 0 Å². The van der Waals surface area contributed by atoms with Crippen LogP contribution in [0.4, 0.5) is 17.1 Å². The molecule has 3 heteroatoms. The Morgan fingerprint density at radius 3 is 1.66 bits per heavy atom. The molecule has 3 nitrogen and oxygen atoms in total. The van der Waals surface area contributed by atoms with Crippen molar-refractivity contribution in [3.8, 4) is 39.1 Å². The number of benzene rings is 10. The lowest BCUT2D eigenvalue weighted by atomic mass is 9.97. The predicted octanol–water partition coefficient (Wildman–Crippen LogP) is 16.3. The summed E-state index contributed by atoms with van der Waals surface area (Å²) in [7, 11) is 0. The highest BCUT2D eigenvalue weighted by molar-refractivity contribution is 6.13. The molecule has 0 unspecified atom stereocenters. The van der Waals surface area contributed by atoms with E-state index in [0.29, 0.717) is 0 Å². The van der Waals surface area contributed by atoms with Crippen LogP contribution < -0.4 is 4.90 Å². The number of anilines is 3. The molecule has 0 aliphatic heterocycles. The van der Waals surface area contributed by atoms with E-state index in [1.54, 1.807) is 0 Å². The van der Waals surface area contributed by atoms with E-state index in [1.807, 2.05) is 12.1 Å².